The molecule has 0 aliphatic heterocycles. The molecule has 0 radical (unpaired) electrons. The summed E-state index contributed by atoms with van der Waals surface area (Å²) in [4.78, 5) is 11.0. The fourth-order valence-electron chi connectivity index (χ4n) is 0.657. The first-order chi connectivity index (χ1) is 6.72. The lowest BCUT2D eigenvalue weighted by molar-refractivity contribution is -0.138. The van der Waals surface area contributed by atoms with E-state index >= 15 is 0 Å². The average molecular weight is 200 g/mol. The van der Waals surface area contributed by atoms with Crippen molar-refractivity contribution in [3.8, 4) is 0 Å². The molecular formula is C10H16O4. The molecule has 4 nitrogen and oxygen atoms in total. The van der Waals surface area contributed by atoms with Crippen molar-refractivity contribution in [2.45, 2.75) is 13.8 Å². The van der Waals surface area contributed by atoms with Gasteiger partial charge in [0.25, 0.3) is 0 Å². The van der Waals surface area contributed by atoms with Gasteiger partial charge in [-0.05, 0) is 13.8 Å². The number of rotatable bonds is 7. The van der Waals surface area contributed by atoms with E-state index < -0.39 is 0 Å². The highest BCUT2D eigenvalue weighted by molar-refractivity contribution is 5.87. The molecule has 0 heterocycles. The van der Waals surface area contributed by atoms with Crippen molar-refractivity contribution in [3.63, 3.8) is 0 Å². The van der Waals surface area contributed by atoms with Crippen LogP contribution >= 0.6 is 0 Å². The maximum absolute atomic E-state index is 11.0. The minimum Gasteiger partial charge on any atom is -0.498 e. The van der Waals surface area contributed by atoms with Crippen LogP contribution in [0.1, 0.15) is 13.8 Å². The number of ether oxygens (including phenoxy) is 3. The highest BCUT2D eigenvalue weighted by atomic mass is 16.5. The number of esters is 1. The summed E-state index contributed by atoms with van der Waals surface area (Å²) in [5.41, 5.74) is 0.436. The molecule has 0 rings (SSSR count). The zero-order valence-corrected chi connectivity index (χ0v) is 8.62. The molecule has 0 unspecified atom stereocenters. The lowest BCUT2D eigenvalue weighted by Gasteiger charge is -2.03. The van der Waals surface area contributed by atoms with E-state index in [1.807, 2.05) is 0 Å². The quantitative estimate of drug-likeness (QED) is 0.271. The molecule has 0 saturated heterocycles. The molecule has 0 aromatic carbocycles. The van der Waals surface area contributed by atoms with Gasteiger partial charge < -0.3 is 14.2 Å². The second kappa shape index (κ2) is 8.16. The summed E-state index contributed by atoms with van der Waals surface area (Å²) >= 11 is 0. The Bertz CT molecular complexity index is 208. The van der Waals surface area contributed by atoms with Crippen molar-refractivity contribution in [2.24, 2.45) is 0 Å². The highest BCUT2D eigenvalue weighted by Gasteiger charge is 2.03. The summed E-state index contributed by atoms with van der Waals surface area (Å²) in [5.74, 6) is -0.364. The largest absolute Gasteiger partial charge is 0.498 e. The number of carbonyl (C=O) groups is 1. The first kappa shape index (κ1) is 12.6. The normalized spacial score (nSPS) is 10.6. The Hall–Kier alpha value is -1.45. The number of carbonyl (C=O) groups excluding carboxylic acids is 1. The second-order valence-electron chi connectivity index (χ2n) is 2.43. The smallest absolute Gasteiger partial charge is 0.336 e. The van der Waals surface area contributed by atoms with E-state index in [4.69, 9.17) is 14.2 Å². The minimum absolute atomic E-state index is 0.364. The van der Waals surface area contributed by atoms with Crippen LogP contribution in [0.5, 0.6) is 0 Å². The zero-order chi connectivity index (χ0) is 10.8. The second-order valence-corrected chi connectivity index (χ2v) is 2.43. The van der Waals surface area contributed by atoms with E-state index in [2.05, 4.69) is 6.58 Å². The van der Waals surface area contributed by atoms with Crippen LogP contribution in [0.3, 0.4) is 0 Å². The Kier molecular flexibility index (Phi) is 7.32. The van der Waals surface area contributed by atoms with E-state index in [0.29, 0.717) is 25.4 Å². The third-order valence-corrected chi connectivity index (χ3v) is 1.29. The molecule has 0 atom stereocenters. The molecule has 14 heavy (non-hydrogen) atoms. The molecule has 80 valence electrons. The van der Waals surface area contributed by atoms with Crippen LogP contribution in [0, 0.1) is 0 Å². The zero-order valence-electron chi connectivity index (χ0n) is 8.62. The van der Waals surface area contributed by atoms with Crippen LogP contribution in [0.4, 0.5) is 0 Å². The molecule has 0 aliphatic carbocycles. The van der Waals surface area contributed by atoms with Gasteiger partial charge in [-0.25, -0.2) is 4.79 Å². The van der Waals surface area contributed by atoms with E-state index in [0.717, 1.165) is 0 Å². The maximum atomic E-state index is 11.0. The van der Waals surface area contributed by atoms with Gasteiger partial charge in [0.1, 0.15) is 13.2 Å². The summed E-state index contributed by atoms with van der Waals surface area (Å²) in [6.07, 6.45) is 2.70. The minimum atomic E-state index is -0.364. The van der Waals surface area contributed by atoms with Crippen molar-refractivity contribution < 1.29 is 19.0 Å². The predicted octanol–water partition coefficient (Wildman–Crippen LogP) is 1.63. The van der Waals surface area contributed by atoms with Gasteiger partial charge in [-0.15, -0.1) is 0 Å². The molecular weight excluding hydrogens is 184 g/mol. The van der Waals surface area contributed by atoms with E-state index in [-0.39, 0.29) is 5.97 Å². The maximum Gasteiger partial charge on any atom is 0.336 e. The number of hydrogen-bond acceptors (Lipinski definition) is 4. The average Bonchev–Trinajstić information content (AvgIpc) is 2.17. The van der Waals surface area contributed by atoms with Crippen molar-refractivity contribution in [1.29, 1.82) is 0 Å². The van der Waals surface area contributed by atoms with Gasteiger partial charge in [-0.1, -0.05) is 6.58 Å². The molecule has 0 aromatic rings. The third-order valence-electron chi connectivity index (χ3n) is 1.29. The predicted molar refractivity (Wildman–Crippen MR) is 52.5 cm³/mol. The summed E-state index contributed by atoms with van der Waals surface area (Å²) in [6.45, 7) is 7.92. The fourth-order valence-corrected chi connectivity index (χ4v) is 0.657. The molecule has 0 spiro atoms. The van der Waals surface area contributed by atoms with Gasteiger partial charge >= 0.3 is 5.97 Å². The summed E-state index contributed by atoms with van der Waals surface area (Å²) < 4.78 is 14.6. The Morgan fingerprint density at radius 3 is 2.57 bits per heavy atom. The molecule has 0 aliphatic rings. The van der Waals surface area contributed by atoms with Crippen LogP contribution in [0.15, 0.2) is 24.7 Å². The Labute approximate surface area is 84.1 Å². The molecule has 0 saturated carbocycles. The van der Waals surface area contributed by atoms with Crippen molar-refractivity contribution >= 4 is 5.97 Å². The molecule has 0 bridgehead atoms. The third kappa shape index (κ3) is 6.11. The van der Waals surface area contributed by atoms with Crippen molar-refractivity contribution in [1.82, 2.24) is 0 Å². The first-order valence-corrected chi connectivity index (χ1v) is 4.40. The summed E-state index contributed by atoms with van der Waals surface area (Å²) in [5, 5.41) is 0. The van der Waals surface area contributed by atoms with Gasteiger partial charge in [0.15, 0.2) is 0 Å². The van der Waals surface area contributed by atoms with Crippen molar-refractivity contribution in [3.05, 3.63) is 24.7 Å². The molecule has 4 heteroatoms. The van der Waals surface area contributed by atoms with Gasteiger partial charge in [0.2, 0.25) is 0 Å². The topological polar surface area (TPSA) is 44.8 Å². The highest BCUT2D eigenvalue weighted by Crippen LogP contribution is 1.96. The Balaban J connectivity index is 3.64. The Morgan fingerprint density at radius 2 is 2.00 bits per heavy atom. The molecule has 0 N–H and O–H groups in total. The van der Waals surface area contributed by atoms with Gasteiger partial charge in [0.05, 0.1) is 24.7 Å². The SMILES string of the molecule is C=COCCO/C=C(\C)C(=O)OCC. The lowest BCUT2D eigenvalue weighted by atomic mass is 10.3. The van der Waals surface area contributed by atoms with Crippen LogP contribution in [0.2, 0.25) is 0 Å². The standard InChI is InChI=1S/C10H16O4/c1-4-12-6-7-13-8-9(3)10(11)14-5-2/h4,8H,1,5-7H2,2-3H3/b9-8+. The van der Waals surface area contributed by atoms with Crippen LogP contribution < -0.4 is 0 Å². The van der Waals surface area contributed by atoms with Crippen LogP contribution in [-0.4, -0.2) is 25.8 Å². The van der Waals surface area contributed by atoms with Gasteiger partial charge in [-0.3, -0.25) is 0 Å². The lowest BCUT2D eigenvalue weighted by Crippen LogP contribution is -2.06. The molecule has 0 amide bonds. The van der Waals surface area contributed by atoms with Crippen molar-refractivity contribution in [2.75, 3.05) is 19.8 Å². The first-order valence-electron chi connectivity index (χ1n) is 4.40. The van der Waals surface area contributed by atoms with E-state index in [1.54, 1.807) is 13.8 Å². The summed E-state index contributed by atoms with van der Waals surface area (Å²) in [6, 6.07) is 0. The molecule has 0 fully saturated rings. The van der Waals surface area contributed by atoms with Crippen LogP contribution in [-0.2, 0) is 19.0 Å². The monoisotopic (exact) mass is 200 g/mol. The fraction of sp³-hybridized carbons (Fsp3) is 0.500. The van der Waals surface area contributed by atoms with E-state index in [1.165, 1.54) is 12.5 Å². The van der Waals surface area contributed by atoms with Gasteiger partial charge in [0, 0.05) is 0 Å². The van der Waals surface area contributed by atoms with Gasteiger partial charge in [-0.2, -0.15) is 0 Å². The summed E-state index contributed by atoms with van der Waals surface area (Å²) in [7, 11) is 0. The molecule has 0 aromatic heterocycles. The Morgan fingerprint density at radius 1 is 1.36 bits per heavy atom. The number of hydrogen-bond donors (Lipinski definition) is 0. The van der Waals surface area contributed by atoms with Crippen LogP contribution in [0.25, 0.3) is 0 Å². The van der Waals surface area contributed by atoms with E-state index in [9.17, 15) is 4.79 Å².